The Morgan fingerprint density at radius 3 is 2.29 bits per heavy atom. The van der Waals surface area contributed by atoms with Crippen molar-refractivity contribution in [1.29, 1.82) is 0 Å². The van der Waals surface area contributed by atoms with E-state index < -0.39 is 9.84 Å². The molecule has 0 fully saturated rings. The highest BCUT2D eigenvalue weighted by Crippen LogP contribution is 2.23. The maximum Gasteiger partial charge on any atom is 0.158 e. The van der Waals surface area contributed by atoms with Gasteiger partial charge in [-0.15, -0.1) is 0 Å². The number of halogens is 1. The van der Waals surface area contributed by atoms with Crippen LogP contribution in [0.5, 0.6) is 0 Å². The fourth-order valence-electron chi connectivity index (χ4n) is 1.45. The lowest BCUT2D eigenvalue weighted by Crippen LogP contribution is -2.02. The molecular formula is C10H9BrO2S. The van der Waals surface area contributed by atoms with Crippen LogP contribution in [0.15, 0.2) is 34.8 Å². The molecule has 2 nitrogen and oxygen atoms in total. The van der Waals surface area contributed by atoms with E-state index in [-0.39, 0.29) is 11.5 Å². The zero-order chi connectivity index (χ0) is 10.2. The van der Waals surface area contributed by atoms with Gasteiger partial charge in [-0.25, -0.2) is 8.42 Å². The second-order valence-corrected chi connectivity index (χ2v) is 6.32. The first-order valence-electron chi connectivity index (χ1n) is 4.22. The van der Waals surface area contributed by atoms with E-state index in [4.69, 9.17) is 0 Å². The molecule has 0 saturated heterocycles. The van der Waals surface area contributed by atoms with E-state index in [1.807, 2.05) is 24.3 Å². The molecule has 1 heterocycles. The largest absolute Gasteiger partial charge is 0.228 e. The smallest absolute Gasteiger partial charge is 0.158 e. The first-order chi connectivity index (χ1) is 6.57. The van der Waals surface area contributed by atoms with E-state index in [2.05, 4.69) is 15.9 Å². The third-order valence-corrected chi connectivity index (χ3v) is 4.13. The molecule has 14 heavy (non-hydrogen) atoms. The van der Waals surface area contributed by atoms with Crippen molar-refractivity contribution >= 4 is 31.3 Å². The molecular weight excluding hydrogens is 264 g/mol. The Bertz CT molecular complexity index is 471. The molecule has 1 aliphatic heterocycles. The summed E-state index contributed by atoms with van der Waals surface area (Å²) < 4.78 is 23.4. The minimum Gasteiger partial charge on any atom is -0.228 e. The van der Waals surface area contributed by atoms with Gasteiger partial charge in [-0.1, -0.05) is 34.1 Å². The van der Waals surface area contributed by atoms with Gasteiger partial charge in [0.2, 0.25) is 0 Å². The van der Waals surface area contributed by atoms with E-state index >= 15 is 0 Å². The van der Waals surface area contributed by atoms with Crippen molar-refractivity contribution in [2.75, 3.05) is 11.5 Å². The summed E-state index contributed by atoms with van der Waals surface area (Å²) >= 11 is 3.34. The molecule has 0 aliphatic carbocycles. The molecule has 0 radical (unpaired) electrons. The zero-order valence-corrected chi connectivity index (χ0v) is 9.81. The Hall–Kier alpha value is -0.610. The topological polar surface area (TPSA) is 34.1 Å². The molecule has 0 amide bonds. The molecule has 0 saturated carbocycles. The van der Waals surface area contributed by atoms with Crippen LogP contribution < -0.4 is 0 Å². The molecule has 0 N–H and O–H groups in total. The number of hydrogen-bond acceptors (Lipinski definition) is 2. The van der Waals surface area contributed by atoms with Crippen molar-refractivity contribution in [2.24, 2.45) is 0 Å². The Morgan fingerprint density at radius 2 is 1.79 bits per heavy atom. The molecule has 2 rings (SSSR count). The lowest BCUT2D eigenvalue weighted by Gasteiger charge is -2.00. The summed E-state index contributed by atoms with van der Waals surface area (Å²) in [5, 5.41) is 0. The van der Waals surface area contributed by atoms with Crippen LogP contribution in [-0.2, 0) is 9.84 Å². The quantitative estimate of drug-likeness (QED) is 0.786. The summed E-state index contributed by atoms with van der Waals surface area (Å²) in [5.74, 6) is 0.354. The maximum atomic E-state index is 11.2. The van der Waals surface area contributed by atoms with Crippen molar-refractivity contribution in [3.05, 3.63) is 40.4 Å². The Morgan fingerprint density at radius 1 is 1.14 bits per heavy atom. The van der Waals surface area contributed by atoms with Gasteiger partial charge in [0.05, 0.1) is 11.5 Å². The summed E-state index contributed by atoms with van der Waals surface area (Å²) in [6.45, 7) is 0. The third kappa shape index (κ3) is 2.07. The van der Waals surface area contributed by atoms with E-state index in [1.165, 1.54) is 0 Å². The van der Waals surface area contributed by atoms with Crippen molar-refractivity contribution in [3.8, 4) is 0 Å². The molecule has 4 heteroatoms. The van der Waals surface area contributed by atoms with Crippen LogP contribution >= 0.6 is 15.9 Å². The lowest BCUT2D eigenvalue weighted by molar-refractivity contribution is 0.603. The Kier molecular flexibility index (Phi) is 2.49. The summed E-state index contributed by atoms with van der Waals surface area (Å²) in [6, 6.07) is 7.69. The van der Waals surface area contributed by atoms with Gasteiger partial charge in [-0.05, 0) is 23.3 Å². The standard InChI is InChI=1S/C10H9BrO2S/c11-10-3-1-8(2-4-10)9-5-6-14(12,13)7-9/h1-5H,6-7H2. The highest BCUT2D eigenvalue weighted by atomic mass is 79.9. The molecule has 0 atom stereocenters. The Labute approximate surface area is 91.7 Å². The predicted molar refractivity (Wildman–Crippen MR) is 60.8 cm³/mol. The molecule has 1 aromatic rings. The summed E-state index contributed by atoms with van der Waals surface area (Å²) in [7, 11) is -2.86. The fourth-order valence-corrected chi connectivity index (χ4v) is 3.04. The van der Waals surface area contributed by atoms with Gasteiger partial charge in [0, 0.05) is 4.47 Å². The van der Waals surface area contributed by atoms with Crippen LogP contribution in [0.3, 0.4) is 0 Å². The van der Waals surface area contributed by atoms with Crippen LogP contribution in [0.2, 0.25) is 0 Å². The summed E-state index contributed by atoms with van der Waals surface area (Å²) in [4.78, 5) is 0. The Balaban J connectivity index is 2.30. The molecule has 0 bridgehead atoms. The van der Waals surface area contributed by atoms with Gasteiger partial charge in [0.15, 0.2) is 9.84 Å². The van der Waals surface area contributed by atoms with Crippen LogP contribution in [0.4, 0.5) is 0 Å². The number of hydrogen-bond donors (Lipinski definition) is 0. The zero-order valence-electron chi connectivity index (χ0n) is 7.40. The van der Waals surface area contributed by atoms with Gasteiger partial charge in [-0.3, -0.25) is 0 Å². The third-order valence-electron chi connectivity index (χ3n) is 2.17. The first-order valence-corrected chi connectivity index (χ1v) is 6.84. The van der Waals surface area contributed by atoms with Crippen molar-refractivity contribution in [2.45, 2.75) is 0 Å². The normalized spacial score (nSPS) is 19.4. The van der Waals surface area contributed by atoms with E-state index in [0.29, 0.717) is 0 Å². The van der Waals surface area contributed by atoms with Gasteiger partial charge < -0.3 is 0 Å². The molecule has 74 valence electrons. The molecule has 1 aromatic carbocycles. The fraction of sp³-hybridized carbons (Fsp3) is 0.200. The van der Waals surface area contributed by atoms with E-state index in [0.717, 1.165) is 15.6 Å². The van der Waals surface area contributed by atoms with E-state index in [9.17, 15) is 8.42 Å². The summed E-state index contributed by atoms with van der Waals surface area (Å²) in [6.07, 6.45) is 1.79. The maximum absolute atomic E-state index is 11.2. The average molecular weight is 273 g/mol. The molecule has 0 spiro atoms. The van der Waals surface area contributed by atoms with Gasteiger partial charge in [-0.2, -0.15) is 0 Å². The van der Waals surface area contributed by atoms with Gasteiger partial charge >= 0.3 is 0 Å². The minimum absolute atomic E-state index is 0.175. The summed E-state index contributed by atoms with van der Waals surface area (Å²) in [5.41, 5.74) is 1.91. The van der Waals surface area contributed by atoms with E-state index in [1.54, 1.807) is 6.08 Å². The lowest BCUT2D eigenvalue weighted by atomic mass is 10.1. The number of rotatable bonds is 1. The van der Waals surface area contributed by atoms with Crippen LogP contribution in [0, 0.1) is 0 Å². The first kappa shape index (κ1) is 9.93. The number of benzene rings is 1. The van der Waals surface area contributed by atoms with Crippen molar-refractivity contribution in [1.82, 2.24) is 0 Å². The van der Waals surface area contributed by atoms with Crippen molar-refractivity contribution in [3.63, 3.8) is 0 Å². The van der Waals surface area contributed by atoms with Gasteiger partial charge in [0.25, 0.3) is 0 Å². The molecule has 0 unspecified atom stereocenters. The van der Waals surface area contributed by atoms with Crippen LogP contribution in [-0.4, -0.2) is 19.9 Å². The average Bonchev–Trinajstić information content (AvgIpc) is 2.47. The predicted octanol–water partition coefficient (Wildman–Crippen LogP) is 2.26. The minimum atomic E-state index is -2.86. The second-order valence-electron chi connectivity index (χ2n) is 3.29. The van der Waals surface area contributed by atoms with Gasteiger partial charge in [0.1, 0.15) is 0 Å². The monoisotopic (exact) mass is 272 g/mol. The second kappa shape index (κ2) is 3.51. The highest BCUT2D eigenvalue weighted by molar-refractivity contribution is 9.10. The number of sulfone groups is 1. The van der Waals surface area contributed by atoms with Crippen LogP contribution in [0.1, 0.15) is 5.56 Å². The van der Waals surface area contributed by atoms with Crippen LogP contribution in [0.25, 0.3) is 5.57 Å². The molecule has 0 aromatic heterocycles. The molecule has 1 aliphatic rings. The van der Waals surface area contributed by atoms with Crippen molar-refractivity contribution < 1.29 is 8.42 Å². The highest BCUT2D eigenvalue weighted by Gasteiger charge is 2.20. The SMILES string of the molecule is O=S1(=O)CC=C(c2ccc(Br)cc2)C1.